The predicted octanol–water partition coefficient (Wildman–Crippen LogP) is 6.76. The van der Waals surface area contributed by atoms with Crippen molar-refractivity contribution in [3.05, 3.63) is 29.8 Å². The molecule has 0 saturated carbocycles. The van der Waals surface area contributed by atoms with E-state index in [1.54, 1.807) is 18.2 Å². The van der Waals surface area contributed by atoms with Crippen molar-refractivity contribution in [2.75, 3.05) is 6.61 Å². The molecule has 0 atom stereocenters. The van der Waals surface area contributed by atoms with E-state index in [9.17, 15) is 4.79 Å². The highest BCUT2D eigenvalue weighted by Crippen LogP contribution is 2.20. The van der Waals surface area contributed by atoms with E-state index in [2.05, 4.69) is 6.92 Å². The zero-order valence-corrected chi connectivity index (χ0v) is 15.2. The molecule has 0 unspecified atom stereocenters. The van der Waals surface area contributed by atoms with Gasteiger partial charge >= 0.3 is 0 Å². The largest absolute Gasteiger partial charge is 0.493 e. The predicted molar refractivity (Wildman–Crippen MR) is 98.6 cm³/mol. The van der Waals surface area contributed by atoms with Gasteiger partial charge in [-0.2, -0.15) is 0 Å². The standard InChI is InChI=1S/C20H31ClO2/c1-2-3-4-5-6-7-8-9-10-11-14-17-23-19-16-13-12-15-18(19)20(21)22/h12-13,15-16H,2-11,14,17H2,1H3. The Bertz CT molecular complexity index is 431. The second-order valence-electron chi connectivity index (χ2n) is 6.15. The van der Waals surface area contributed by atoms with Crippen molar-refractivity contribution < 1.29 is 9.53 Å². The van der Waals surface area contributed by atoms with E-state index in [0.29, 0.717) is 17.9 Å². The van der Waals surface area contributed by atoms with E-state index in [-0.39, 0.29) is 0 Å². The smallest absolute Gasteiger partial charge is 0.256 e. The van der Waals surface area contributed by atoms with Gasteiger partial charge in [0.1, 0.15) is 5.75 Å². The van der Waals surface area contributed by atoms with E-state index < -0.39 is 5.24 Å². The molecule has 130 valence electrons. The van der Waals surface area contributed by atoms with Crippen LogP contribution in [0.3, 0.4) is 0 Å². The quantitative estimate of drug-likeness (QED) is 0.277. The monoisotopic (exact) mass is 338 g/mol. The number of carbonyl (C=O) groups excluding carboxylic acids is 1. The number of benzene rings is 1. The van der Waals surface area contributed by atoms with Gasteiger partial charge in [-0.05, 0) is 30.2 Å². The first-order valence-electron chi connectivity index (χ1n) is 9.17. The fraction of sp³-hybridized carbons (Fsp3) is 0.650. The molecular formula is C20H31ClO2. The van der Waals surface area contributed by atoms with Crippen LogP contribution in [0.5, 0.6) is 5.75 Å². The van der Waals surface area contributed by atoms with E-state index in [0.717, 1.165) is 6.42 Å². The summed E-state index contributed by atoms with van der Waals surface area (Å²) < 4.78 is 5.68. The second kappa shape index (κ2) is 13.4. The van der Waals surface area contributed by atoms with Crippen LogP contribution >= 0.6 is 11.6 Å². The summed E-state index contributed by atoms with van der Waals surface area (Å²) in [5, 5.41) is -0.459. The molecule has 1 aromatic rings. The first-order chi connectivity index (χ1) is 11.3. The van der Waals surface area contributed by atoms with Gasteiger partial charge in [-0.15, -0.1) is 0 Å². The highest BCUT2D eigenvalue weighted by atomic mass is 35.5. The van der Waals surface area contributed by atoms with Gasteiger partial charge in [0, 0.05) is 0 Å². The minimum atomic E-state index is -0.459. The maximum atomic E-state index is 11.3. The summed E-state index contributed by atoms with van der Waals surface area (Å²) >= 11 is 5.54. The third-order valence-corrected chi connectivity index (χ3v) is 4.31. The van der Waals surface area contributed by atoms with Crippen molar-refractivity contribution >= 4 is 16.8 Å². The van der Waals surface area contributed by atoms with Gasteiger partial charge in [0.05, 0.1) is 12.2 Å². The van der Waals surface area contributed by atoms with Crippen LogP contribution in [0.25, 0.3) is 0 Å². The Morgan fingerprint density at radius 2 is 1.39 bits per heavy atom. The van der Waals surface area contributed by atoms with Crippen LogP contribution in [0, 0.1) is 0 Å². The number of para-hydroxylation sites is 1. The van der Waals surface area contributed by atoms with Crippen molar-refractivity contribution in [2.24, 2.45) is 0 Å². The summed E-state index contributed by atoms with van der Waals surface area (Å²) in [6.07, 6.45) is 14.5. The first-order valence-corrected chi connectivity index (χ1v) is 9.55. The number of hydrogen-bond donors (Lipinski definition) is 0. The van der Waals surface area contributed by atoms with Gasteiger partial charge < -0.3 is 4.74 Å². The van der Waals surface area contributed by atoms with E-state index in [1.807, 2.05) is 6.07 Å². The average Bonchev–Trinajstić information content (AvgIpc) is 2.56. The molecule has 0 fully saturated rings. The Balaban J connectivity index is 1.97. The number of carbonyl (C=O) groups is 1. The second-order valence-corrected chi connectivity index (χ2v) is 6.50. The van der Waals surface area contributed by atoms with Crippen LogP contribution in [-0.2, 0) is 0 Å². The molecule has 1 aromatic carbocycles. The molecule has 23 heavy (non-hydrogen) atoms. The summed E-state index contributed by atoms with van der Waals surface area (Å²) in [7, 11) is 0. The van der Waals surface area contributed by atoms with Gasteiger partial charge in [-0.1, -0.05) is 83.3 Å². The molecule has 3 heteroatoms. The van der Waals surface area contributed by atoms with E-state index >= 15 is 0 Å². The average molecular weight is 339 g/mol. The molecule has 0 aromatic heterocycles. The van der Waals surface area contributed by atoms with Crippen molar-refractivity contribution in [2.45, 2.75) is 77.6 Å². The third-order valence-electron chi connectivity index (χ3n) is 4.10. The van der Waals surface area contributed by atoms with Crippen molar-refractivity contribution in [1.29, 1.82) is 0 Å². The van der Waals surface area contributed by atoms with Crippen LogP contribution in [0.1, 0.15) is 87.9 Å². The van der Waals surface area contributed by atoms with Crippen LogP contribution in [0.4, 0.5) is 0 Å². The Labute approximate surface area is 146 Å². The van der Waals surface area contributed by atoms with Gasteiger partial charge in [0.15, 0.2) is 0 Å². The molecule has 0 amide bonds. The third kappa shape index (κ3) is 9.65. The van der Waals surface area contributed by atoms with Crippen molar-refractivity contribution in [1.82, 2.24) is 0 Å². The highest BCUT2D eigenvalue weighted by Gasteiger charge is 2.08. The number of rotatable bonds is 14. The fourth-order valence-corrected chi connectivity index (χ4v) is 2.86. The fourth-order valence-electron chi connectivity index (χ4n) is 2.70. The SMILES string of the molecule is CCCCCCCCCCCCCOc1ccccc1C(=O)Cl. The highest BCUT2D eigenvalue weighted by molar-refractivity contribution is 6.68. The molecule has 2 nitrogen and oxygen atoms in total. The molecule has 0 heterocycles. The Morgan fingerprint density at radius 3 is 1.96 bits per heavy atom. The van der Waals surface area contributed by atoms with Gasteiger partial charge in [0.2, 0.25) is 0 Å². The lowest BCUT2D eigenvalue weighted by Gasteiger charge is -2.08. The maximum Gasteiger partial charge on any atom is 0.256 e. The van der Waals surface area contributed by atoms with Gasteiger partial charge in [-0.25, -0.2) is 0 Å². The van der Waals surface area contributed by atoms with Gasteiger partial charge in [-0.3, -0.25) is 4.79 Å². The van der Waals surface area contributed by atoms with E-state index in [4.69, 9.17) is 16.3 Å². The van der Waals surface area contributed by atoms with Crippen molar-refractivity contribution in [3.63, 3.8) is 0 Å². The van der Waals surface area contributed by atoms with Crippen LogP contribution < -0.4 is 4.74 Å². The maximum absolute atomic E-state index is 11.3. The lowest BCUT2D eigenvalue weighted by Crippen LogP contribution is -2.01. The molecule has 0 N–H and O–H groups in total. The summed E-state index contributed by atoms with van der Waals surface area (Å²) in [5.74, 6) is 0.597. The molecule has 0 aliphatic heterocycles. The summed E-state index contributed by atoms with van der Waals surface area (Å²) in [6, 6.07) is 7.16. The van der Waals surface area contributed by atoms with E-state index in [1.165, 1.54) is 64.2 Å². The zero-order valence-electron chi connectivity index (χ0n) is 14.5. The topological polar surface area (TPSA) is 26.3 Å². The minimum absolute atomic E-state index is 0.456. The van der Waals surface area contributed by atoms with Crippen LogP contribution in [0.2, 0.25) is 0 Å². The zero-order chi connectivity index (χ0) is 16.8. The summed E-state index contributed by atoms with van der Waals surface area (Å²) in [6.45, 7) is 2.91. The Morgan fingerprint density at radius 1 is 0.870 bits per heavy atom. The lowest BCUT2D eigenvalue weighted by atomic mass is 10.1. The normalized spacial score (nSPS) is 10.7. The lowest BCUT2D eigenvalue weighted by molar-refractivity contribution is 0.107. The van der Waals surface area contributed by atoms with Crippen LogP contribution in [-0.4, -0.2) is 11.8 Å². The first kappa shape index (κ1) is 20.0. The molecule has 0 spiro atoms. The number of ether oxygens (including phenoxy) is 1. The van der Waals surface area contributed by atoms with Crippen molar-refractivity contribution in [3.8, 4) is 5.75 Å². The Hall–Kier alpha value is -1.02. The van der Waals surface area contributed by atoms with Gasteiger partial charge in [0.25, 0.3) is 5.24 Å². The number of hydrogen-bond acceptors (Lipinski definition) is 2. The number of halogens is 1. The molecule has 0 bridgehead atoms. The molecule has 1 rings (SSSR count). The molecular weight excluding hydrogens is 308 g/mol. The molecule has 0 saturated heterocycles. The number of unbranched alkanes of at least 4 members (excludes halogenated alkanes) is 10. The molecule has 0 radical (unpaired) electrons. The minimum Gasteiger partial charge on any atom is -0.493 e. The van der Waals surface area contributed by atoms with Crippen LogP contribution in [0.15, 0.2) is 24.3 Å². The molecule has 0 aliphatic carbocycles. The molecule has 0 aliphatic rings. The Kier molecular flexibility index (Phi) is 11.7. The summed E-state index contributed by atoms with van der Waals surface area (Å²) in [5.41, 5.74) is 0.456. The summed E-state index contributed by atoms with van der Waals surface area (Å²) in [4.78, 5) is 11.3.